The first-order valence-electron chi connectivity index (χ1n) is 20.7. The highest BCUT2D eigenvalue weighted by Gasteiger charge is 2.81. The summed E-state index contributed by atoms with van der Waals surface area (Å²) in [5.74, 6) is -2.52. The van der Waals surface area contributed by atoms with Crippen LogP contribution >= 0.6 is 0 Å². The monoisotopic (exact) mass is 776 g/mol. The lowest BCUT2D eigenvalue weighted by atomic mass is 9.44. The lowest BCUT2D eigenvalue weighted by Gasteiger charge is -2.62. The highest BCUT2D eigenvalue weighted by atomic mass is 16.8. The summed E-state index contributed by atoms with van der Waals surface area (Å²) in [5.41, 5.74) is -1.23. The standard InChI is InChI=1S/C42H64O13/c1-21(2)11-16-41(55-37-36(52-26(7)46)35(51-25(6)45)34(50-24(5)44)31(53-37)20-49-23(4)43)22(3)42(47)33(54-41)18-30-28-17-32(48-10)40-19-27(40)12-14-38(40,8)29(28)13-15-39(30,42)9/h21-22,27-37,47H,11-20H2,1-10H3/t22-,27-,28-,29+,30+,31-,32-,33+,34-,35+,36-,37+,38-,39+,40+,41+,42-/m1/s1. The van der Waals surface area contributed by atoms with Crippen LogP contribution in [0.5, 0.6) is 0 Å². The molecule has 0 unspecified atom stereocenters. The minimum absolute atomic E-state index is 0.220. The summed E-state index contributed by atoms with van der Waals surface area (Å²) in [7, 11) is 1.88. The van der Waals surface area contributed by atoms with Gasteiger partial charge in [-0.3, -0.25) is 19.2 Å². The normalized spacial score (nSPS) is 49.2. The van der Waals surface area contributed by atoms with E-state index in [2.05, 4.69) is 27.7 Å². The van der Waals surface area contributed by atoms with Crippen molar-refractivity contribution in [2.75, 3.05) is 13.7 Å². The summed E-state index contributed by atoms with van der Waals surface area (Å²) in [5, 5.41) is 13.4. The molecule has 310 valence electrons. The zero-order valence-electron chi connectivity index (χ0n) is 34.4. The van der Waals surface area contributed by atoms with E-state index in [1.807, 2.05) is 14.0 Å². The van der Waals surface area contributed by atoms with E-state index in [1.54, 1.807) is 0 Å². The van der Waals surface area contributed by atoms with Crippen LogP contribution < -0.4 is 0 Å². The molecule has 2 aliphatic heterocycles. The highest BCUT2D eigenvalue weighted by molar-refractivity contribution is 5.68. The number of methoxy groups -OCH3 is 1. The first kappa shape index (κ1) is 40.9. The molecule has 1 spiro atoms. The quantitative estimate of drug-likeness (QED) is 0.214. The van der Waals surface area contributed by atoms with Crippen molar-refractivity contribution in [2.45, 2.75) is 174 Å². The second-order valence-corrected chi connectivity index (χ2v) is 19.0. The van der Waals surface area contributed by atoms with E-state index in [0.29, 0.717) is 31.1 Å². The topological polar surface area (TPSA) is 162 Å². The number of hydrogen-bond donors (Lipinski definition) is 1. The SMILES string of the molecule is CO[C@@H]1C[C@H]2[C@@H]3C[C@@H]4O[C@@](CCC(C)C)(O[C@@H]5O[C@H](COC(C)=O)[C@@H](OC(C)=O)[C@H](OC(C)=O)[C@H]5OC(C)=O)[C@@H](C)[C@]4(O)[C@@]3(C)CC[C@@H]2[C@@]2(C)CC[C@@H]3C[C@]312. The van der Waals surface area contributed by atoms with Crippen LogP contribution in [0, 0.1) is 51.8 Å². The lowest BCUT2D eigenvalue weighted by Crippen LogP contribution is -2.65. The molecule has 0 radical (unpaired) electrons. The van der Waals surface area contributed by atoms with Crippen molar-refractivity contribution in [3.8, 4) is 0 Å². The number of esters is 4. The van der Waals surface area contributed by atoms with Crippen LogP contribution in [0.1, 0.15) is 120 Å². The Morgan fingerprint density at radius 1 is 0.836 bits per heavy atom. The second kappa shape index (κ2) is 14.2. The van der Waals surface area contributed by atoms with Crippen LogP contribution in [0.15, 0.2) is 0 Å². The molecule has 0 aromatic carbocycles. The molecule has 13 nitrogen and oxygen atoms in total. The van der Waals surface area contributed by atoms with Crippen LogP contribution in [0.4, 0.5) is 0 Å². The smallest absolute Gasteiger partial charge is 0.303 e. The summed E-state index contributed by atoms with van der Waals surface area (Å²) in [6.45, 7) is 15.4. The molecular weight excluding hydrogens is 712 g/mol. The van der Waals surface area contributed by atoms with Crippen LogP contribution in [-0.2, 0) is 57.1 Å². The van der Waals surface area contributed by atoms with Gasteiger partial charge in [0.15, 0.2) is 24.1 Å². The van der Waals surface area contributed by atoms with Crippen molar-refractivity contribution in [1.29, 1.82) is 0 Å². The van der Waals surface area contributed by atoms with E-state index in [1.165, 1.54) is 47.0 Å². The number of carbonyl (C=O) groups excluding carboxylic acids is 4. The third kappa shape index (κ3) is 6.18. The van der Waals surface area contributed by atoms with Crippen molar-refractivity contribution >= 4 is 23.9 Å². The Morgan fingerprint density at radius 3 is 2.07 bits per heavy atom. The molecule has 0 aromatic heterocycles. The Kier molecular flexibility index (Phi) is 10.6. The lowest BCUT2D eigenvalue weighted by molar-refractivity contribution is -0.377. The van der Waals surface area contributed by atoms with Gasteiger partial charge in [-0.1, -0.05) is 34.6 Å². The summed E-state index contributed by atoms with van der Waals surface area (Å²) in [4.78, 5) is 49.5. The third-order valence-electron chi connectivity index (χ3n) is 16.1. The van der Waals surface area contributed by atoms with Crippen LogP contribution in [-0.4, -0.2) is 97.0 Å². The second-order valence-electron chi connectivity index (χ2n) is 19.0. The number of hydrogen-bond acceptors (Lipinski definition) is 13. The van der Waals surface area contributed by atoms with Gasteiger partial charge in [0.1, 0.15) is 18.3 Å². The molecule has 1 N–H and O–H groups in total. The minimum Gasteiger partial charge on any atom is -0.463 e. The van der Waals surface area contributed by atoms with Gasteiger partial charge in [0.2, 0.25) is 6.29 Å². The predicted molar refractivity (Wildman–Crippen MR) is 195 cm³/mol. The number of carbonyl (C=O) groups is 4. The maximum absolute atomic E-state index is 13.4. The third-order valence-corrected chi connectivity index (χ3v) is 16.1. The van der Waals surface area contributed by atoms with Gasteiger partial charge in [0.05, 0.1) is 12.2 Å². The average Bonchev–Trinajstić information content (AvgIpc) is 3.62. The van der Waals surface area contributed by atoms with E-state index in [0.717, 1.165) is 25.2 Å². The van der Waals surface area contributed by atoms with E-state index in [-0.39, 0.29) is 35.4 Å². The van der Waals surface area contributed by atoms with E-state index < -0.39 is 83.4 Å². The molecule has 13 heteroatoms. The molecule has 0 amide bonds. The zero-order valence-corrected chi connectivity index (χ0v) is 34.4. The molecular formula is C42H64O13. The minimum atomic E-state index is -1.43. The van der Waals surface area contributed by atoms with E-state index in [4.69, 9.17) is 37.9 Å². The van der Waals surface area contributed by atoms with Crippen LogP contribution in [0.2, 0.25) is 0 Å². The maximum Gasteiger partial charge on any atom is 0.303 e. The largest absolute Gasteiger partial charge is 0.463 e. The van der Waals surface area contributed by atoms with Gasteiger partial charge >= 0.3 is 23.9 Å². The van der Waals surface area contributed by atoms with Crippen molar-refractivity contribution < 1.29 is 62.2 Å². The Hall–Kier alpha value is -2.32. The fourth-order valence-corrected chi connectivity index (χ4v) is 13.6. The molecule has 2 heterocycles. The number of aliphatic hydroxyl groups is 1. The molecule has 17 atom stereocenters. The summed E-state index contributed by atoms with van der Waals surface area (Å²) < 4.78 is 49.4. The maximum atomic E-state index is 13.4. The van der Waals surface area contributed by atoms with Gasteiger partial charge in [0, 0.05) is 58.0 Å². The van der Waals surface area contributed by atoms with Crippen molar-refractivity contribution in [3.63, 3.8) is 0 Å². The molecule has 5 saturated carbocycles. The Balaban J connectivity index is 1.23. The fraction of sp³-hybridized carbons (Fsp3) is 0.905. The van der Waals surface area contributed by atoms with Gasteiger partial charge in [-0.25, -0.2) is 0 Å². The van der Waals surface area contributed by atoms with Crippen molar-refractivity contribution in [3.05, 3.63) is 0 Å². The van der Waals surface area contributed by atoms with Gasteiger partial charge in [-0.15, -0.1) is 0 Å². The number of rotatable bonds is 11. The predicted octanol–water partition coefficient (Wildman–Crippen LogP) is 5.26. The zero-order chi connectivity index (χ0) is 40.0. The van der Waals surface area contributed by atoms with Crippen molar-refractivity contribution in [1.82, 2.24) is 0 Å². The van der Waals surface area contributed by atoms with Gasteiger partial charge in [-0.05, 0) is 86.4 Å². The van der Waals surface area contributed by atoms with Gasteiger partial charge in [0.25, 0.3) is 0 Å². The summed E-state index contributed by atoms with van der Waals surface area (Å²) >= 11 is 0. The fourth-order valence-electron chi connectivity index (χ4n) is 13.6. The molecule has 7 aliphatic rings. The van der Waals surface area contributed by atoms with E-state index >= 15 is 0 Å². The molecule has 0 aromatic rings. The molecule has 55 heavy (non-hydrogen) atoms. The first-order chi connectivity index (χ1) is 25.8. The first-order valence-corrected chi connectivity index (χ1v) is 20.7. The van der Waals surface area contributed by atoms with Gasteiger partial charge in [-0.2, -0.15) is 0 Å². The Bertz CT molecular complexity index is 1530. The van der Waals surface area contributed by atoms with E-state index in [9.17, 15) is 24.3 Å². The number of fused-ring (bicyclic) bond motifs is 6. The Morgan fingerprint density at radius 2 is 1.47 bits per heavy atom. The molecule has 7 fully saturated rings. The van der Waals surface area contributed by atoms with Gasteiger partial charge < -0.3 is 43.0 Å². The molecule has 7 rings (SSSR count). The van der Waals surface area contributed by atoms with Crippen LogP contribution in [0.3, 0.4) is 0 Å². The molecule has 2 saturated heterocycles. The van der Waals surface area contributed by atoms with Crippen LogP contribution in [0.25, 0.3) is 0 Å². The molecule has 0 bridgehead atoms. The average molecular weight is 777 g/mol. The summed E-state index contributed by atoms with van der Waals surface area (Å²) in [6.07, 6.45) is 1.44. The highest BCUT2D eigenvalue weighted by Crippen LogP contribution is 2.83. The Labute approximate surface area is 325 Å². The number of ether oxygens (including phenoxy) is 8. The summed E-state index contributed by atoms with van der Waals surface area (Å²) in [6, 6.07) is 0. The van der Waals surface area contributed by atoms with Crippen molar-refractivity contribution in [2.24, 2.45) is 51.8 Å². The molecule has 5 aliphatic carbocycles.